The summed E-state index contributed by atoms with van der Waals surface area (Å²) < 4.78 is 38.2. The van der Waals surface area contributed by atoms with E-state index >= 15 is 0 Å². The van der Waals surface area contributed by atoms with Crippen LogP contribution in [0.15, 0.2) is 48.5 Å². The second-order valence-corrected chi connectivity index (χ2v) is 4.64. The van der Waals surface area contributed by atoms with Gasteiger partial charge in [0, 0.05) is 11.3 Å². The SMILES string of the molecule is Br.N=C1c2ccccc2CN1c1cccc(C(F)(F)F)c1. The van der Waals surface area contributed by atoms with Crippen LogP contribution < -0.4 is 4.90 Å². The average molecular weight is 357 g/mol. The number of alkyl halides is 3. The highest BCUT2D eigenvalue weighted by molar-refractivity contribution is 8.93. The van der Waals surface area contributed by atoms with Gasteiger partial charge >= 0.3 is 6.18 Å². The fourth-order valence-corrected chi connectivity index (χ4v) is 2.35. The number of nitrogens with zero attached hydrogens (tertiary/aromatic N) is 1. The van der Waals surface area contributed by atoms with Crippen molar-refractivity contribution in [3.05, 3.63) is 65.2 Å². The van der Waals surface area contributed by atoms with Crippen molar-refractivity contribution in [1.29, 1.82) is 5.41 Å². The first-order chi connectivity index (χ1) is 9.47. The highest BCUT2D eigenvalue weighted by atomic mass is 79.9. The van der Waals surface area contributed by atoms with Crippen molar-refractivity contribution in [3.63, 3.8) is 0 Å². The van der Waals surface area contributed by atoms with E-state index in [1.807, 2.05) is 24.3 Å². The van der Waals surface area contributed by atoms with Crippen LogP contribution >= 0.6 is 17.0 Å². The Morgan fingerprint density at radius 2 is 1.71 bits per heavy atom. The molecule has 110 valence electrons. The molecule has 3 rings (SSSR count). The van der Waals surface area contributed by atoms with E-state index in [9.17, 15) is 13.2 Å². The van der Waals surface area contributed by atoms with E-state index in [2.05, 4.69) is 0 Å². The molecule has 0 saturated carbocycles. The maximum atomic E-state index is 12.7. The Hall–Kier alpha value is -1.82. The van der Waals surface area contributed by atoms with E-state index in [1.165, 1.54) is 6.07 Å². The number of benzene rings is 2. The van der Waals surface area contributed by atoms with E-state index in [1.54, 1.807) is 11.0 Å². The van der Waals surface area contributed by atoms with Crippen LogP contribution in [0.4, 0.5) is 18.9 Å². The Kier molecular flexibility index (Phi) is 4.09. The summed E-state index contributed by atoms with van der Waals surface area (Å²) in [7, 11) is 0. The van der Waals surface area contributed by atoms with E-state index in [0.29, 0.717) is 12.2 Å². The number of hydrogen-bond donors (Lipinski definition) is 1. The molecule has 0 aliphatic carbocycles. The Labute approximate surface area is 130 Å². The zero-order valence-electron chi connectivity index (χ0n) is 10.8. The molecular formula is C15H12BrF3N2. The summed E-state index contributed by atoms with van der Waals surface area (Å²) in [6.45, 7) is 0.427. The summed E-state index contributed by atoms with van der Waals surface area (Å²) in [4.78, 5) is 1.58. The number of nitrogens with one attached hydrogen (secondary N) is 1. The summed E-state index contributed by atoms with van der Waals surface area (Å²) in [5, 5.41) is 8.10. The first kappa shape index (κ1) is 15.6. The molecule has 1 aliphatic heterocycles. The first-order valence-corrected chi connectivity index (χ1v) is 6.08. The predicted molar refractivity (Wildman–Crippen MR) is 81.2 cm³/mol. The summed E-state index contributed by atoms with van der Waals surface area (Å²) in [6.07, 6.45) is -4.37. The van der Waals surface area contributed by atoms with Crippen LogP contribution in [0.3, 0.4) is 0 Å². The minimum atomic E-state index is -4.37. The quantitative estimate of drug-likeness (QED) is 0.792. The molecule has 0 atom stereocenters. The van der Waals surface area contributed by atoms with Crippen LogP contribution in [0.5, 0.6) is 0 Å². The fourth-order valence-electron chi connectivity index (χ4n) is 2.35. The molecule has 0 bridgehead atoms. The van der Waals surface area contributed by atoms with Gasteiger partial charge in [-0.25, -0.2) is 0 Å². The normalized spacial score (nSPS) is 13.9. The third-order valence-electron chi connectivity index (χ3n) is 3.36. The van der Waals surface area contributed by atoms with Crippen molar-refractivity contribution in [3.8, 4) is 0 Å². The first-order valence-electron chi connectivity index (χ1n) is 6.08. The van der Waals surface area contributed by atoms with E-state index in [-0.39, 0.29) is 22.8 Å². The highest BCUT2D eigenvalue weighted by Crippen LogP contribution is 2.34. The Morgan fingerprint density at radius 1 is 1.00 bits per heavy atom. The molecule has 2 aromatic carbocycles. The zero-order chi connectivity index (χ0) is 14.3. The molecular weight excluding hydrogens is 345 g/mol. The standard InChI is InChI=1S/C15H11F3N2.BrH/c16-15(17,18)11-5-3-6-12(8-11)20-9-10-4-1-2-7-13(10)14(20)19;/h1-8,19H,9H2;1H. The average Bonchev–Trinajstić information content (AvgIpc) is 2.76. The molecule has 1 heterocycles. The van der Waals surface area contributed by atoms with Crippen LogP contribution in [0.2, 0.25) is 0 Å². The largest absolute Gasteiger partial charge is 0.416 e. The molecule has 0 radical (unpaired) electrons. The summed E-state index contributed by atoms with van der Waals surface area (Å²) >= 11 is 0. The molecule has 0 spiro atoms. The van der Waals surface area contributed by atoms with Crippen molar-refractivity contribution >= 4 is 28.5 Å². The second kappa shape index (κ2) is 5.52. The van der Waals surface area contributed by atoms with Crippen LogP contribution in [0.1, 0.15) is 16.7 Å². The molecule has 0 saturated heterocycles. The van der Waals surface area contributed by atoms with Crippen LogP contribution in [-0.2, 0) is 12.7 Å². The van der Waals surface area contributed by atoms with Crippen molar-refractivity contribution in [2.24, 2.45) is 0 Å². The number of hydrogen-bond acceptors (Lipinski definition) is 1. The molecule has 2 aromatic rings. The van der Waals surface area contributed by atoms with Gasteiger partial charge in [0.05, 0.1) is 12.1 Å². The van der Waals surface area contributed by atoms with Gasteiger partial charge in [0.1, 0.15) is 5.84 Å². The third kappa shape index (κ3) is 2.81. The number of fused-ring (bicyclic) bond motifs is 1. The van der Waals surface area contributed by atoms with E-state index < -0.39 is 11.7 Å². The van der Waals surface area contributed by atoms with Gasteiger partial charge < -0.3 is 4.90 Å². The maximum absolute atomic E-state index is 12.7. The highest BCUT2D eigenvalue weighted by Gasteiger charge is 2.32. The maximum Gasteiger partial charge on any atom is 0.416 e. The van der Waals surface area contributed by atoms with Crippen molar-refractivity contribution in [1.82, 2.24) is 0 Å². The summed E-state index contributed by atoms with van der Waals surface area (Å²) in [5.41, 5.74) is 1.42. The number of anilines is 1. The molecule has 6 heteroatoms. The summed E-state index contributed by atoms with van der Waals surface area (Å²) in [5.74, 6) is 0.236. The lowest BCUT2D eigenvalue weighted by atomic mass is 10.1. The van der Waals surface area contributed by atoms with Crippen molar-refractivity contribution in [2.75, 3.05) is 4.90 Å². The minimum absolute atomic E-state index is 0. The monoisotopic (exact) mass is 356 g/mol. The lowest BCUT2D eigenvalue weighted by Gasteiger charge is -2.19. The van der Waals surface area contributed by atoms with Gasteiger partial charge in [0.15, 0.2) is 0 Å². The van der Waals surface area contributed by atoms with Crippen LogP contribution in [0.25, 0.3) is 0 Å². The molecule has 21 heavy (non-hydrogen) atoms. The van der Waals surface area contributed by atoms with E-state index in [4.69, 9.17) is 5.41 Å². The molecule has 0 unspecified atom stereocenters. The number of halogens is 4. The summed E-state index contributed by atoms with van der Waals surface area (Å²) in [6, 6.07) is 12.5. The molecule has 0 aromatic heterocycles. The van der Waals surface area contributed by atoms with Crippen molar-refractivity contribution in [2.45, 2.75) is 12.7 Å². The molecule has 1 aliphatic rings. The number of amidine groups is 1. The number of rotatable bonds is 1. The van der Waals surface area contributed by atoms with Crippen LogP contribution in [0, 0.1) is 5.41 Å². The molecule has 1 N–H and O–H groups in total. The van der Waals surface area contributed by atoms with Gasteiger partial charge in [0.25, 0.3) is 0 Å². The molecule has 2 nitrogen and oxygen atoms in total. The van der Waals surface area contributed by atoms with Gasteiger partial charge in [-0.2, -0.15) is 13.2 Å². The van der Waals surface area contributed by atoms with E-state index in [0.717, 1.165) is 23.3 Å². The fraction of sp³-hybridized carbons (Fsp3) is 0.133. The minimum Gasteiger partial charge on any atom is -0.322 e. The van der Waals surface area contributed by atoms with Crippen LogP contribution in [-0.4, -0.2) is 5.84 Å². The predicted octanol–water partition coefficient (Wildman–Crippen LogP) is 4.63. The van der Waals surface area contributed by atoms with Gasteiger partial charge in [-0.1, -0.05) is 30.3 Å². The molecule has 0 fully saturated rings. The van der Waals surface area contributed by atoms with Crippen molar-refractivity contribution < 1.29 is 13.2 Å². The Morgan fingerprint density at radius 3 is 2.38 bits per heavy atom. The topological polar surface area (TPSA) is 27.1 Å². The van der Waals surface area contributed by atoms with Gasteiger partial charge in [0.2, 0.25) is 0 Å². The lowest BCUT2D eigenvalue weighted by molar-refractivity contribution is -0.137. The Balaban J connectivity index is 0.00000161. The molecule has 0 amide bonds. The van der Waals surface area contributed by atoms with Gasteiger partial charge in [-0.15, -0.1) is 17.0 Å². The van der Waals surface area contributed by atoms with Gasteiger partial charge in [-0.3, -0.25) is 5.41 Å². The van der Waals surface area contributed by atoms with Gasteiger partial charge in [-0.05, 0) is 23.8 Å². The third-order valence-corrected chi connectivity index (χ3v) is 3.36. The smallest absolute Gasteiger partial charge is 0.322 e. The Bertz CT molecular complexity index is 683. The second-order valence-electron chi connectivity index (χ2n) is 4.64. The zero-order valence-corrected chi connectivity index (χ0v) is 12.5. The lowest BCUT2D eigenvalue weighted by Crippen LogP contribution is -2.23.